The van der Waals surface area contributed by atoms with E-state index in [1.807, 2.05) is 0 Å². The smallest absolute Gasteiger partial charge is 0.324 e. The molecule has 1 fully saturated rings. The summed E-state index contributed by atoms with van der Waals surface area (Å²) in [5, 5.41) is 9.75. The van der Waals surface area contributed by atoms with Crippen molar-refractivity contribution >= 4 is 5.97 Å². The summed E-state index contributed by atoms with van der Waals surface area (Å²) in [7, 11) is 0. The standard InChI is InChI=1S/C17H24FNO2/c1-13-11-14(7-8-15(13)18)12-17(2,16(20)21)19-9-5-3-4-6-10-19/h7-8,11H,3-6,9-10,12H2,1-2H3,(H,20,21). The van der Waals surface area contributed by atoms with Crippen molar-refractivity contribution < 1.29 is 14.3 Å². The highest BCUT2D eigenvalue weighted by atomic mass is 19.1. The van der Waals surface area contributed by atoms with E-state index in [1.54, 1.807) is 26.0 Å². The Morgan fingerprint density at radius 3 is 2.43 bits per heavy atom. The Bertz CT molecular complexity index is 510. The number of rotatable bonds is 4. The van der Waals surface area contributed by atoms with Crippen LogP contribution in [0.25, 0.3) is 0 Å². The molecule has 1 atom stereocenters. The molecule has 1 aromatic rings. The van der Waals surface area contributed by atoms with E-state index >= 15 is 0 Å². The minimum atomic E-state index is -0.922. The first-order valence-corrected chi connectivity index (χ1v) is 7.67. The van der Waals surface area contributed by atoms with E-state index in [4.69, 9.17) is 0 Å². The molecule has 1 aliphatic rings. The topological polar surface area (TPSA) is 40.5 Å². The first-order valence-electron chi connectivity index (χ1n) is 7.67. The van der Waals surface area contributed by atoms with Crippen molar-refractivity contribution in [3.8, 4) is 0 Å². The van der Waals surface area contributed by atoms with Crippen molar-refractivity contribution in [3.05, 3.63) is 35.1 Å². The Labute approximate surface area is 125 Å². The number of benzene rings is 1. The second-order valence-corrected chi connectivity index (χ2v) is 6.24. The molecule has 1 saturated heterocycles. The molecule has 1 aliphatic heterocycles. The normalized spacial score (nSPS) is 19.8. The molecular weight excluding hydrogens is 269 g/mol. The zero-order valence-corrected chi connectivity index (χ0v) is 12.9. The molecule has 0 saturated carbocycles. The highest BCUT2D eigenvalue weighted by Gasteiger charge is 2.39. The fraction of sp³-hybridized carbons (Fsp3) is 0.588. The summed E-state index contributed by atoms with van der Waals surface area (Å²) in [6.07, 6.45) is 4.84. The molecular formula is C17H24FNO2. The number of halogens is 1. The van der Waals surface area contributed by atoms with E-state index in [0.717, 1.165) is 31.5 Å². The van der Waals surface area contributed by atoms with Crippen molar-refractivity contribution in [3.63, 3.8) is 0 Å². The average molecular weight is 293 g/mol. The van der Waals surface area contributed by atoms with Gasteiger partial charge in [-0.2, -0.15) is 0 Å². The molecule has 0 bridgehead atoms. The monoisotopic (exact) mass is 293 g/mol. The maximum atomic E-state index is 13.4. The van der Waals surface area contributed by atoms with E-state index in [9.17, 15) is 14.3 Å². The molecule has 0 spiro atoms. The number of hydrogen-bond donors (Lipinski definition) is 1. The Balaban J connectivity index is 2.24. The number of aryl methyl sites for hydroxylation is 1. The summed E-state index contributed by atoms with van der Waals surface area (Å²) < 4.78 is 13.4. The van der Waals surface area contributed by atoms with Gasteiger partial charge in [0.2, 0.25) is 0 Å². The van der Waals surface area contributed by atoms with Gasteiger partial charge in [-0.15, -0.1) is 0 Å². The van der Waals surface area contributed by atoms with Gasteiger partial charge in [0.15, 0.2) is 0 Å². The summed E-state index contributed by atoms with van der Waals surface area (Å²) in [6.45, 7) is 5.15. The van der Waals surface area contributed by atoms with Crippen LogP contribution in [0.4, 0.5) is 4.39 Å². The van der Waals surface area contributed by atoms with Crippen LogP contribution < -0.4 is 0 Å². The van der Waals surface area contributed by atoms with Gasteiger partial charge in [0.05, 0.1) is 0 Å². The molecule has 2 rings (SSSR count). The minimum Gasteiger partial charge on any atom is -0.480 e. The lowest BCUT2D eigenvalue weighted by atomic mass is 9.90. The number of aliphatic carboxylic acids is 1. The summed E-state index contributed by atoms with van der Waals surface area (Å²) in [6, 6.07) is 4.88. The predicted molar refractivity (Wildman–Crippen MR) is 80.9 cm³/mol. The van der Waals surface area contributed by atoms with Crippen molar-refractivity contribution in [2.45, 2.75) is 51.5 Å². The number of carbonyl (C=O) groups is 1. The van der Waals surface area contributed by atoms with Crippen LogP contribution in [0, 0.1) is 12.7 Å². The van der Waals surface area contributed by atoms with Gasteiger partial charge in [0.25, 0.3) is 0 Å². The molecule has 1 heterocycles. The van der Waals surface area contributed by atoms with Gasteiger partial charge in [-0.05, 0) is 57.0 Å². The fourth-order valence-corrected chi connectivity index (χ4v) is 3.10. The Morgan fingerprint density at radius 1 is 1.29 bits per heavy atom. The number of carboxylic acids is 1. The van der Waals surface area contributed by atoms with Crippen molar-refractivity contribution in [2.24, 2.45) is 0 Å². The van der Waals surface area contributed by atoms with Gasteiger partial charge in [-0.3, -0.25) is 9.69 Å². The number of carboxylic acid groups (broad SMARTS) is 1. The lowest BCUT2D eigenvalue weighted by molar-refractivity contribution is -0.150. The van der Waals surface area contributed by atoms with Crippen molar-refractivity contribution in [1.29, 1.82) is 0 Å². The molecule has 116 valence electrons. The third-order valence-electron chi connectivity index (χ3n) is 4.54. The molecule has 1 N–H and O–H groups in total. The Hall–Kier alpha value is -1.42. The summed E-state index contributed by atoms with van der Waals surface area (Å²) >= 11 is 0. The van der Waals surface area contributed by atoms with Gasteiger partial charge in [0, 0.05) is 6.42 Å². The Kier molecular flexibility index (Phi) is 4.99. The van der Waals surface area contributed by atoms with Crippen LogP contribution in [-0.2, 0) is 11.2 Å². The van der Waals surface area contributed by atoms with Crippen molar-refractivity contribution in [1.82, 2.24) is 4.90 Å². The SMILES string of the molecule is Cc1cc(CC(C)(C(=O)O)N2CCCCCC2)ccc1F. The summed E-state index contributed by atoms with van der Waals surface area (Å²) in [5.41, 5.74) is 0.522. The maximum Gasteiger partial charge on any atom is 0.324 e. The van der Waals surface area contributed by atoms with Crippen LogP contribution in [0.5, 0.6) is 0 Å². The fourth-order valence-electron chi connectivity index (χ4n) is 3.10. The molecule has 3 nitrogen and oxygen atoms in total. The zero-order chi connectivity index (χ0) is 15.5. The van der Waals surface area contributed by atoms with E-state index < -0.39 is 11.5 Å². The largest absolute Gasteiger partial charge is 0.480 e. The lowest BCUT2D eigenvalue weighted by Gasteiger charge is -2.37. The van der Waals surface area contributed by atoms with E-state index in [0.29, 0.717) is 12.0 Å². The first-order chi connectivity index (χ1) is 9.93. The predicted octanol–water partition coefficient (Wildman–Crippen LogP) is 3.40. The van der Waals surface area contributed by atoms with Crippen LogP contribution in [-0.4, -0.2) is 34.6 Å². The van der Waals surface area contributed by atoms with Gasteiger partial charge in [-0.25, -0.2) is 4.39 Å². The molecule has 0 amide bonds. The Morgan fingerprint density at radius 2 is 1.90 bits per heavy atom. The summed E-state index contributed by atoms with van der Waals surface area (Å²) in [4.78, 5) is 14.0. The molecule has 0 aromatic heterocycles. The van der Waals surface area contributed by atoms with Crippen LogP contribution in [0.3, 0.4) is 0 Å². The molecule has 21 heavy (non-hydrogen) atoms. The third-order valence-corrected chi connectivity index (χ3v) is 4.54. The third kappa shape index (κ3) is 3.62. The van der Waals surface area contributed by atoms with Gasteiger partial charge >= 0.3 is 5.97 Å². The zero-order valence-electron chi connectivity index (χ0n) is 12.9. The van der Waals surface area contributed by atoms with E-state index in [-0.39, 0.29) is 5.82 Å². The second kappa shape index (κ2) is 6.56. The summed E-state index contributed by atoms with van der Waals surface area (Å²) in [5.74, 6) is -1.04. The molecule has 4 heteroatoms. The lowest BCUT2D eigenvalue weighted by Crippen LogP contribution is -2.54. The van der Waals surface area contributed by atoms with Gasteiger partial charge < -0.3 is 5.11 Å². The van der Waals surface area contributed by atoms with Crippen LogP contribution in [0.2, 0.25) is 0 Å². The number of nitrogens with zero attached hydrogens (tertiary/aromatic N) is 1. The van der Waals surface area contributed by atoms with Crippen LogP contribution >= 0.6 is 0 Å². The maximum absolute atomic E-state index is 13.4. The average Bonchev–Trinajstić information content (AvgIpc) is 2.72. The molecule has 1 unspecified atom stereocenters. The number of hydrogen-bond acceptors (Lipinski definition) is 2. The number of likely N-dealkylation sites (tertiary alicyclic amines) is 1. The quantitative estimate of drug-likeness (QED) is 0.925. The van der Waals surface area contributed by atoms with Crippen LogP contribution in [0.1, 0.15) is 43.7 Å². The van der Waals surface area contributed by atoms with E-state index in [2.05, 4.69) is 4.90 Å². The highest BCUT2D eigenvalue weighted by Crippen LogP contribution is 2.26. The van der Waals surface area contributed by atoms with E-state index in [1.165, 1.54) is 18.9 Å². The second-order valence-electron chi connectivity index (χ2n) is 6.24. The molecule has 0 aliphatic carbocycles. The molecule has 1 aromatic carbocycles. The van der Waals surface area contributed by atoms with Gasteiger partial charge in [0.1, 0.15) is 11.4 Å². The highest BCUT2D eigenvalue weighted by molar-refractivity contribution is 5.78. The minimum absolute atomic E-state index is 0.245. The van der Waals surface area contributed by atoms with Crippen molar-refractivity contribution in [2.75, 3.05) is 13.1 Å². The molecule has 0 radical (unpaired) electrons. The van der Waals surface area contributed by atoms with Crippen LogP contribution in [0.15, 0.2) is 18.2 Å². The first kappa shape index (κ1) is 16.0. The van der Waals surface area contributed by atoms with Gasteiger partial charge in [-0.1, -0.05) is 25.0 Å².